The number of nitrogens with zero attached hydrogens (tertiary/aromatic N) is 2. The minimum absolute atomic E-state index is 0.00654. The van der Waals surface area contributed by atoms with Crippen LogP contribution in [0.3, 0.4) is 0 Å². The molecule has 4 rings (SSSR count). The van der Waals surface area contributed by atoms with E-state index in [0.717, 1.165) is 22.7 Å². The highest BCUT2D eigenvalue weighted by Crippen LogP contribution is 2.43. The molecular formula is C20H17N3O5S. The third-order valence-electron chi connectivity index (χ3n) is 4.60. The van der Waals surface area contributed by atoms with E-state index in [-0.39, 0.29) is 16.3 Å². The Labute approximate surface area is 170 Å². The van der Waals surface area contributed by atoms with Crippen LogP contribution in [0.1, 0.15) is 15.2 Å². The Bertz CT molecular complexity index is 1100. The lowest BCUT2D eigenvalue weighted by Gasteiger charge is -2.31. The predicted molar refractivity (Wildman–Crippen MR) is 111 cm³/mol. The van der Waals surface area contributed by atoms with Gasteiger partial charge in [-0.25, -0.2) is 4.79 Å². The molecule has 1 aromatic heterocycles. The van der Waals surface area contributed by atoms with Gasteiger partial charge in [0.1, 0.15) is 23.6 Å². The Morgan fingerprint density at radius 3 is 2.72 bits per heavy atom. The van der Waals surface area contributed by atoms with Crippen molar-refractivity contribution in [3.8, 4) is 5.75 Å². The molecule has 0 amide bonds. The second kappa shape index (κ2) is 7.44. The molecule has 0 atom stereocenters. The monoisotopic (exact) mass is 411 g/mol. The summed E-state index contributed by atoms with van der Waals surface area (Å²) in [4.78, 5) is 25.0. The Morgan fingerprint density at radius 1 is 1.28 bits per heavy atom. The van der Waals surface area contributed by atoms with E-state index in [2.05, 4.69) is 10.2 Å². The zero-order valence-electron chi connectivity index (χ0n) is 15.4. The van der Waals surface area contributed by atoms with Crippen LogP contribution in [0.15, 0.2) is 48.5 Å². The number of benzene rings is 2. The van der Waals surface area contributed by atoms with Crippen LogP contribution in [0.2, 0.25) is 0 Å². The van der Waals surface area contributed by atoms with E-state index in [4.69, 9.17) is 4.74 Å². The molecule has 0 fully saturated rings. The minimum atomic E-state index is -1.21. The molecule has 29 heavy (non-hydrogen) atoms. The maximum atomic E-state index is 11.7. The summed E-state index contributed by atoms with van der Waals surface area (Å²) in [7, 11) is 0. The predicted octanol–water partition coefficient (Wildman–Crippen LogP) is 4.94. The van der Waals surface area contributed by atoms with Gasteiger partial charge in [0.2, 0.25) is 0 Å². The number of thiophene rings is 1. The van der Waals surface area contributed by atoms with Gasteiger partial charge in [0, 0.05) is 16.3 Å². The zero-order valence-corrected chi connectivity index (χ0v) is 16.2. The molecule has 1 aliphatic rings. The molecule has 0 aliphatic carbocycles. The van der Waals surface area contributed by atoms with E-state index in [1.807, 2.05) is 36.4 Å². The summed E-state index contributed by atoms with van der Waals surface area (Å²) in [6, 6.07) is 15.1. The summed E-state index contributed by atoms with van der Waals surface area (Å²) in [5.41, 5.74) is 2.25. The van der Waals surface area contributed by atoms with Gasteiger partial charge in [-0.1, -0.05) is 29.5 Å². The second-order valence-corrected chi connectivity index (χ2v) is 7.62. The van der Waals surface area contributed by atoms with Crippen LogP contribution in [0.25, 0.3) is 0 Å². The van der Waals surface area contributed by atoms with Gasteiger partial charge in [-0.05, 0) is 37.3 Å². The van der Waals surface area contributed by atoms with Crippen molar-refractivity contribution in [2.24, 2.45) is 0 Å². The molecule has 0 radical (unpaired) electrons. The summed E-state index contributed by atoms with van der Waals surface area (Å²) in [5, 5.41) is 23.7. The molecule has 3 aromatic rings. The first-order valence-electron chi connectivity index (χ1n) is 8.83. The van der Waals surface area contributed by atoms with Gasteiger partial charge < -0.3 is 20.1 Å². The normalized spacial score (nSPS) is 12.8. The number of aryl methyl sites for hydroxylation is 1. The first kappa shape index (κ1) is 18.8. The lowest BCUT2D eigenvalue weighted by Crippen LogP contribution is -2.28. The lowest BCUT2D eigenvalue weighted by atomic mass is 10.1. The quantitative estimate of drug-likeness (QED) is 0.453. The summed E-state index contributed by atoms with van der Waals surface area (Å²) in [6.45, 7) is 2.75. The fraction of sp³-hybridized carbons (Fsp3) is 0.150. The van der Waals surface area contributed by atoms with Gasteiger partial charge in [0.05, 0.1) is 17.2 Å². The second-order valence-electron chi connectivity index (χ2n) is 6.42. The van der Waals surface area contributed by atoms with Crippen molar-refractivity contribution in [2.75, 3.05) is 23.4 Å². The number of rotatable bonds is 5. The van der Waals surface area contributed by atoms with Crippen molar-refractivity contribution >= 4 is 45.1 Å². The fourth-order valence-corrected chi connectivity index (χ4v) is 4.26. The molecule has 0 unspecified atom stereocenters. The van der Waals surface area contributed by atoms with E-state index in [0.29, 0.717) is 29.5 Å². The highest BCUT2D eigenvalue weighted by Gasteiger charge is 2.29. The van der Waals surface area contributed by atoms with Gasteiger partial charge in [-0.15, -0.1) is 0 Å². The van der Waals surface area contributed by atoms with Crippen LogP contribution in [0.4, 0.5) is 27.8 Å². The van der Waals surface area contributed by atoms with Crippen molar-refractivity contribution in [1.82, 2.24) is 0 Å². The number of hydrogen-bond acceptors (Lipinski definition) is 7. The SMILES string of the molecule is Cc1sc([N+](=O)[O-])c(Nc2ccc3c(c2)N(c2ccccc2)CCO3)c1C(=O)O. The number of carboxylic acid groups (broad SMARTS) is 1. The third-order valence-corrected chi connectivity index (χ3v) is 5.66. The minimum Gasteiger partial charge on any atom is -0.490 e. The zero-order chi connectivity index (χ0) is 20.5. The van der Waals surface area contributed by atoms with Crippen molar-refractivity contribution in [2.45, 2.75) is 6.92 Å². The van der Waals surface area contributed by atoms with Crippen molar-refractivity contribution in [3.05, 3.63) is 69.1 Å². The number of nitrogens with one attached hydrogen (secondary N) is 1. The Balaban J connectivity index is 1.76. The summed E-state index contributed by atoms with van der Waals surface area (Å²) < 4.78 is 5.74. The third kappa shape index (κ3) is 3.47. The molecule has 1 aliphatic heterocycles. The number of carbonyl (C=O) groups is 1. The number of fused-ring (bicyclic) bond motifs is 1. The largest absolute Gasteiger partial charge is 0.490 e. The van der Waals surface area contributed by atoms with Crippen LogP contribution in [-0.2, 0) is 0 Å². The smallest absolute Gasteiger partial charge is 0.348 e. The van der Waals surface area contributed by atoms with E-state index in [9.17, 15) is 20.0 Å². The molecular weight excluding hydrogens is 394 g/mol. The average molecular weight is 411 g/mol. The number of para-hydroxylation sites is 1. The van der Waals surface area contributed by atoms with Crippen molar-refractivity contribution in [1.29, 1.82) is 0 Å². The molecule has 2 aromatic carbocycles. The highest BCUT2D eigenvalue weighted by atomic mass is 32.1. The maximum absolute atomic E-state index is 11.7. The Hall–Kier alpha value is -3.59. The van der Waals surface area contributed by atoms with Crippen LogP contribution in [0.5, 0.6) is 5.75 Å². The van der Waals surface area contributed by atoms with Crippen LogP contribution in [0, 0.1) is 17.0 Å². The van der Waals surface area contributed by atoms with Crippen molar-refractivity contribution < 1.29 is 19.6 Å². The number of hydrogen-bond donors (Lipinski definition) is 2. The Kier molecular flexibility index (Phi) is 4.81. The molecule has 2 heterocycles. The van der Waals surface area contributed by atoms with Crippen LogP contribution in [-0.4, -0.2) is 29.2 Å². The topological polar surface area (TPSA) is 105 Å². The van der Waals surface area contributed by atoms with Crippen molar-refractivity contribution in [3.63, 3.8) is 0 Å². The first-order valence-corrected chi connectivity index (χ1v) is 9.65. The fourth-order valence-electron chi connectivity index (χ4n) is 3.35. The highest BCUT2D eigenvalue weighted by molar-refractivity contribution is 7.16. The van der Waals surface area contributed by atoms with Crippen LogP contribution >= 0.6 is 11.3 Å². The number of nitro groups is 1. The van der Waals surface area contributed by atoms with Crippen LogP contribution < -0.4 is 15.0 Å². The van der Waals surface area contributed by atoms with Gasteiger partial charge in [-0.3, -0.25) is 10.1 Å². The summed E-state index contributed by atoms with van der Waals surface area (Å²) in [6.07, 6.45) is 0. The van der Waals surface area contributed by atoms with Gasteiger partial charge in [-0.2, -0.15) is 0 Å². The van der Waals surface area contributed by atoms with Gasteiger partial charge in [0.15, 0.2) is 0 Å². The van der Waals surface area contributed by atoms with Gasteiger partial charge >= 0.3 is 11.0 Å². The molecule has 2 N–H and O–H groups in total. The molecule has 9 heteroatoms. The average Bonchev–Trinajstić information content (AvgIpc) is 3.04. The van der Waals surface area contributed by atoms with Gasteiger partial charge in [0.25, 0.3) is 0 Å². The molecule has 148 valence electrons. The molecule has 0 bridgehead atoms. The maximum Gasteiger partial charge on any atom is 0.348 e. The number of aromatic carboxylic acids is 1. The van der Waals surface area contributed by atoms with E-state index >= 15 is 0 Å². The van der Waals surface area contributed by atoms with E-state index in [1.54, 1.807) is 19.1 Å². The Morgan fingerprint density at radius 2 is 2.03 bits per heavy atom. The molecule has 0 saturated carbocycles. The molecule has 0 spiro atoms. The first-order chi connectivity index (χ1) is 14.0. The lowest BCUT2D eigenvalue weighted by molar-refractivity contribution is -0.379. The number of ether oxygens (including phenoxy) is 1. The molecule has 8 nitrogen and oxygen atoms in total. The van der Waals surface area contributed by atoms with E-state index in [1.165, 1.54) is 0 Å². The summed E-state index contributed by atoms with van der Waals surface area (Å²) in [5.74, 6) is -0.512. The van der Waals surface area contributed by atoms with E-state index < -0.39 is 10.9 Å². The number of anilines is 4. The number of carboxylic acids is 1. The summed E-state index contributed by atoms with van der Waals surface area (Å²) >= 11 is 0.845. The molecule has 0 saturated heterocycles. The standard InChI is InChI=1S/C20H17N3O5S/c1-12-17(20(24)25)18(19(29-12)23(26)27)21-13-7-8-16-15(11-13)22(9-10-28-16)14-5-3-2-4-6-14/h2-8,11,21H,9-10H2,1H3,(H,24,25).